The van der Waals surface area contributed by atoms with Gasteiger partial charge in [0, 0.05) is 12.8 Å². The molecule has 22 heteroatoms. The fourth-order valence-electron chi connectivity index (χ4n) is 15.4. The van der Waals surface area contributed by atoms with Crippen LogP contribution in [0.2, 0.25) is 66.5 Å². The SMILES string of the molecule is CC(C)[Si](OC[C@H]1O[C@@H](n2cnc3c(=O)[nH]c(N)nc32)C[C@@H]1O[Si](C(C)C)(C(C)C)C(C)C)(C(C)C)C(C)C.CC(C)[Si](OC[C@H]1O[C@@H](n2cnc3c(=O)[nH]c(N)nc32)C[C@@H]1O[Si](C(C)C)(C(C)C)C(C)C)(C(C)C)C(C)C. The van der Waals surface area contributed by atoms with Gasteiger partial charge in [-0.15, -0.1) is 0 Å². The molecule has 2 aliphatic heterocycles. The van der Waals surface area contributed by atoms with Gasteiger partial charge < -0.3 is 38.6 Å². The first-order valence-electron chi connectivity index (χ1n) is 29.6. The van der Waals surface area contributed by atoms with Crippen LogP contribution < -0.4 is 22.6 Å². The van der Waals surface area contributed by atoms with Crippen LogP contribution in [0.25, 0.3) is 22.3 Å². The second-order valence-electron chi connectivity index (χ2n) is 26.5. The van der Waals surface area contributed by atoms with Crippen molar-refractivity contribution in [3.63, 3.8) is 0 Å². The predicted molar refractivity (Wildman–Crippen MR) is 328 cm³/mol. The summed E-state index contributed by atoms with van der Waals surface area (Å²) in [6.45, 7) is 56.3. The molecule has 18 nitrogen and oxygen atoms in total. The van der Waals surface area contributed by atoms with Gasteiger partial charge in [-0.2, -0.15) is 9.97 Å². The standard InChI is InChI=1S/2C28H53N5O4Si2/c2*1-16(2)38(17(3)4,18(5)6)35-14-23-22(37-39(19(7)8,20(9)10)21(11)12)13-24(36-23)33-15-30-25-26(33)31-28(29)32-27(25)34/h2*15-24H,13-14H2,1-12H3,(H3,29,31,32,34)/t2*22-,23+,24+/m00/s1. The van der Waals surface area contributed by atoms with E-state index >= 15 is 0 Å². The highest BCUT2D eigenvalue weighted by atomic mass is 28.4. The summed E-state index contributed by atoms with van der Waals surface area (Å²) in [4.78, 5) is 47.4. The number of nitrogens with zero attached hydrogens (tertiary/aromatic N) is 6. The van der Waals surface area contributed by atoms with Gasteiger partial charge in [-0.25, -0.2) is 9.97 Å². The second-order valence-corrected chi connectivity index (χ2v) is 48.2. The molecule has 0 aliphatic carbocycles. The van der Waals surface area contributed by atoms with E-state index in [-0.39, 0.29) is 70.9 Å². The highest BCUT2D eigenvalue weighted by Crippen LogP contribution is 2.50. The van der Waals surface area contributed by atoms with Crippen molar-refractivity contribution in [3.8, 4) is 0 Å². The minimum Gasteiger partial charge on any atom is -0.413 e. The molecule has 0 unspecified atom stereocenters. The van der Waals surface area contributed by atoms with E-state index in [1.165, 1.54) is 0 Å². The summed E-state index contributed by atoms with van der Waals surface area (Å²) >= 11 is 0. The molecule has 444 valence electrons. The Morgan fingerprint density at radius 2 is 0.731 bits per heavy atom. The van der Waals surface area contributed by atoms with E-state index < -0.39 is 33.3 Å². The van der Waals surface area contributed by atoms with Crippen LogP contribution in [0.1, 0.15) is 191 Å². The van der Waals surface area contributed by atoms with E-state index in [2.05, 4.69) is 196 Å². The number of rotatable bonds is 24. The fraction of sp³-hybridized carbons (Fsp3) is 0.821. The van der Waals surface area contributed by atoms with E-state index in [0.717, 1.165) is 0 Å². The predicted octanol–water partition coefficient (Wildman–Crippen LogP) is 13.5. The molecule has 4 aromatic heterocycles. The minimum atomic E-state index is -2.20. The van der Waals surface area contributed by atoms with Crippen LogP contribution in [0.3, 0.4) is 0 Å². The average molecular weight is 1160 g/mol. The number of imidazole rings is 2. The van der Waals surface area contributed by atoms with Gasteiger partial charge >= 0.3 is 0 Å². The van der Waals surface area contributed by atoms with Gasteiger partial charge in [-0.05, 0) is 66.5 Å². The first kappa shape index (κ1) is 65.7. The Hall–Kier alpha value is -3.07. The molecular weight excluding hydrogens is 1050 g/mol. The van der Waals surface area contributed by atoms with Gasteiger partial charge in [-0.1, -0.05) is 166 Å². The molecule has 6 heterocycles. The highest BCUT2D eigenvalue weighted by Gasteiger charge is 2.54. The Kier molecular flexibility index (Phi) is 21.9. The lowest BCUT2D eigenvalue weighted by molar-refractivity contribution is -0.0395. The third-order valence-corrected chi connectivity index (χ3v) is 42.8. The molecular formula is C56H106N10O8Si4. The van der Waals surface area contributed by atoms with Gasteiger partial charge in [0.25, 0.3) is 11.1 Å². The molecule has 2 fully saturated rings. The zero-order chi connectivity index (χ0) is 58.9. The molecule has 0 aromatic carbocycles. The summed E-state index contributed by atoms with van der Waals surface area (Å²) in [7, 11) is -8.63. The third-order valence-electron chi connectivity index (χ3n) is 18.4. The summed E-state index contributed by atoms with van der Waals surface area (Å²) < 4.78 is 45.9. The summed E-state index contributed by atoms with van der Waals surface area (Å²) in [6, 6.07) is 0. The molecule has 2 saturated heterocycles. The van der Waals surface area contributed by atoms with Gasteiger partial charge in [0.1, 0.15) is 24.7 Å². The molecule has 4 aromatic rings. The number of nitrogens with two attached hydrogens (primary N) is 2. The molecule has 0 amide bonds. The number of ether oxygens (including phenoxy) is 2. The average Bonchev–Trinajstić information content (AvgIpc) is 4.14. The lowest BCUT2D eigenvalue weighted by Crippen LogP contribution is -2.53. The normalized spacial score (nSPS) is 21.2. The summed E-state index contributed by atoms with van der Waals surface area (Å²) in [5.41, 5.74) is 18.0. The lowest BCUT2D eigenvalue weighted by Gasteiger charge is -2.45. The molecule has 78 heavy (non-hydrogen) atoms. The first-order valence-corrected chi connectivity index (χ1v) is 38.1. The quantitative estimate of drug-likeness (QED) is 0.0478. The zero-order valence-corrected chi connectivity index (χ0v) is 56.5. The number of aromatic nitrogens is 8. The molecule has 0 spiro atoms. The summed E-state index contributed by atoms with van der Waals surface area (Å²) in [6.07, 6.45) is 3.02. The van der Waals surface area contributed by atoms with Crippen molar-refractivity contribution in [1.82, 2.24) is 39.0 Å². The van der Waals surface area contributed by atoms with Crippen molar-refractivity contribution in [2.75, 3.05) is 24.7 Å². The second kappa shape index (κ2) is 26.0. The van der Waals surface area contributed by atoms with Crippen molar-refractivity contribution in [3.05, 3.63) is 33.4 Å². The van der Waals surface area contributed by atoms with Crippen molar-refractivity contribution in [2.24, 2.45) is 0 Å². The smallest absolute Gasteiger partial charge is 0.280 e. The van der Waals surface area contributed by atoms with Gasteiger partial charge in [0.15, 0.2) is 39.0 Å². The molecule has 2 aliphatic rings. The zero-order valence-electron chi connectivity index (χ0n) is 52.5. The van der Waals surface area contributed by atoms with E-state index in [9.17, 15) is 9.59 Å². The van der Waals surface area contributed by atoms with Crippen LogP contribution in [-0.2, 0) is 27.2 Å². The number of fused-ring (bicyclic) bond motifs is 2. The molecule has 0 radical (unpaired) electrons. The summed E-state index contributed by atoms with van der Waals surface area (Å²) in [5.74, 6) is 0.125. The van der Waals surface area contributed by atoms with Gasteiger partial charge in [0.2, 0.25) is 28.5 Å². The molecule has 6 rings (SSSR count). The number of aromatic amines is 2. The highest BCUT2D eigenvalue weighted by molar-refractivity contribution is 6.79. The largest absolute Gasteiger partial charge is 0.413 e. The van der Waals surface area contributed by atoms with E-state index in [0.29, 0.717) is 104 Å². The van der Waals surface area contributed by atoms with Crippen LogP contribution in [0.15, 0.2) is 22.2 Å². The fourth-order valence-corrected chi connectivity index (χ4v) is 37.5. The molecule has 0 bridgehead atoms. The monoisotopic (exact) mass is 1160 g/mol. The lowest BCUT2D eigenvalue weighted by atomic mass is 10.2. The van der Waals surface area contributed by atoms with Crippen LogP contribution >= 0.6 is 0 Å². The maximum absolute atomic E-state index is 12.4. The molecule has 6 N–H and O–H groups in total. The van der Waals surface area contributed by atoms with E-state index in [4.69, 9.17) is 38.6 Å². The minimum absolute atomic E-state index is 0.0624. The van der Waals surface area contributed by atoms with E-state index in [1.54, 1.807) is 12.7 Å². The Morgan fingerprint density at radius 1 is 0.474 bits per heavy atom. The summed E-state index contributed by atoms with van der Waals surface area (Å²) in [5, 5.41) is 0. The van der Waals surface area contributed by atoms with Crippen molar-refractivity contribution >= 4 is 67.5 Å². The number of nitrogen functional groups attached to an aromatic ring is 2. The number of hydrogen-bond acceptors (Lipinski definition) is 14. The maximum Gasteiger partial charge on any atom is 0.280 e. The van der Waals surface area contributed by atoms with Crippen molar-refractivity contribution in [2.45, 2.75) is 282 Å². The topological polar surface area (TPSA) is 235 Å². The third kappa shape index (κ3) is 12.6. The van der Waals surface area contributed by atoms with Crippen LogP contribution in [0.4, 0.5) is 11.9 Å². The van der Waals surface area contributed by atoms with E-state index in [1.807, 2.05) is 9.13 Å². The number of hydrogen-bond donors (Lipinski definition) is 4. The van der Waals surface area contributed by atoms with Gasteiger partial charge in [0.05, 0.1) is 38.1 Å². The molecule has 6 atom stereocenters. The Bertz CT molecular complexity index is 2410. The Balaban J connectivity index is 0.000000287. The number of H-pyrrole nitrogens is 2. The first-order chi connectivity index (χ1) is 36.2. The van der Waals surface area contributed by atoms with Crippen LogP contribution in [0.5, 0.6) is 0 Å². The number of nitrogens with one attached hydrogen (secondary N) is 2. The van der Waals surface area contributed by atoms with Crippen LogP contribution in [0, 0.1) is 0 Å². The van der Waals surface area contributed by atoms with Gasteiger partial charge in [-0.3, -0.25) is 28.7 Å². The van der Waals surface area contributed by atoms with Crippen molar-refractivity contribution < 1.29 is 27.2 Å². The Morgan fingerprint density at radius 3 is 0.974 bits per heavy atom. The Labute approximate surface area is 471 Å². The number of anilines is 2. The van der Waals surface area contributed by atoms with Crippen LogP contribution in [-0.4, -0.2) is 110 Å². The molecule has 0 saturated carbocycles. The maximum atomic E-state index is 12.4. The van der Waals surface area contributed by atoms with Crippen molar-refractivity contribution in [1.29, 1.82) is 0 Å².